The van der Waals surface area contributed by atoms with Crippen LogP contribution in [0.25, 0.3) is 11.0 Å². The summed E-state index contributed by atoms with van der Waals surface area (Å²) in [6.07, 6.45) is 9.40. The Morgan fingerprint density at radius 3 is 2.43 bits per heavy atom. The van der Waals surface area contributed by atoms with Gasteiger partial charge in [-0.15, -0.1) is 11.6 Å². The van der Waals surface area contributed by atoms with E-state index in [2.05, 4.69) is 42.2 Å². The van der Waals surface area contributed by atoms with Gasteiger partial charge in [-0.05, 0) is 56.0 Å². The maximum atomic E-state index is 13.5. The van der Waals surface area contributed by atoms with Gasteiger partial charge in [0, 0.05) is 56.5 Å². The minimum absolute atomic E-state index is 0.0347. The number of nitrogens with zero attached hydrogens (tertiary/aromatic N) is 7. The first kappa shape index (κ1) is 28.2. The Balaban J connectivity index is 1.15. The van der Waals surface area contributed by atoms with Crippen molar-refractivity contribution in [1.82, 2.24) is 29.4 Å². The fourth-order valence-corrected chi connectivity index (χ4v) is 6.28. The third-order valence-corrected chi connectivity index (χ3v) is 8.68. The van der Waals surface area contributed by atoms with Gasteiger partial charge in [-0.3, -0.25) is 24.0 Å². The predicted octanol–water partition coefficient (Wildman–Crippen LogP) is 5.01. The van der Waals surface area contributed by atoms with Crippen LogP contribution in [0.3, 0.4) is 0 Å². The van der Waals surface area contributed by atoms with Crippen molar-refractivity contribution in [3.05, 3.63) is 75.6 Å². The van der Waals surface area contributed by atoms with Crippen LogP contribution >= 0.6 is 11.6 Å². The Hall–Kier alpha value is -3.89. The van der Waals surface area contributed by atoms with Gasteiger partial charge < -0.3 is 10.2 Å². The molecule has 1 saturated heterocycles. The summed E-state index contributed by atoms with van der Waals surface area (Å²) in [5.74, 6) is 1.19. The number of carbonyl (C=O) groups is 1. The van der Waals surface area contributed by atoms with E-state index in [0.29, 0.717) is 28.9 Å². The Kier molecular flexibility index (Phi) is 8.17. The Morgan fingerprint density at radius 2 is 1.79 bits per heavy atom. The zero-order chi connectivity index (χ0) is 29.2. The monoisotopic (exact) mass is 586 g/mol. The SMILES string of the molecule is CC(=O)c1c(C)c2cnc(Nc3ccc(N4CCN(Cc5ccc(CCl)nc5)CC4)cn3)nc2n(C2CCCC2)c1=O. The van der Waals surface area contributed by atoms with Crippen molar-refractivity contribution < 1.29 is 4.79 Å². The normalized spacial score (nSPS) is 16.3. The fraction of sp³-hybridized carbons (Fsp3) is 0.419. The molecule has 1 N–H and O–H groups in total. The van der Waals surface area contributed by atoms with Crippen LogP contribution in [0.2, 0.25) is 0 Å². The molecule has 11 heteroatoms. The molecule has 4 aromatic heterocycles. The number of halogens is 1. The molecule has 0 amide bonds. The summed E-state index contributed by atoms with van der Waals surface area (Å²) in [5.41, 5.74) is 4.32. The summed E-state index contributed by atoms with van der Waals surface area (Å²) >= 11 is 5.85. The summed E-state index contributed by atoms with van der Waals surface area (Å²) in [4.78, 5) is 48.9. The van der Waals surface area contributed by atoms with E-state index in [9.17, 15) is 9.59 Å². The molecular weight excluding hydrogens is 552 g/mol. The lowest BCUT2D eigenvalue weighted by Gasteiger charge is -2.36. The number of hydrogen-bond acceptors (Lipinski definition) is 9. The molecule has 6 rings (SSSR count). The molecule has 0 spiro atoms. The molecule has 1 saturated carbocycles. The largest absolute Gasteiger partial charge is 0.368 e. The third kappa shape index (κ3) is 5.73. The highest BCUT2D eigenvalue weighted by molar-refractivity contribution is 6.16. The first-order valence-corrected chi connectivity index (χ1v) is 15.1. The molecule has 0 unspecified atom stereocenters. The minimum atomic E-state index is -0.257. The lowest BCUT2D eigenvalue weighted by atomic mass is 10.0. The number of carbonyl (C=O) groups excluding carboxylic acids is 1. The number of Topliss-reactive ketones (excluding diaryl/α,β-unsaturated/α-hetero) is 1. The maximum Gasteiger partial charge on any atom is 0.263 e. The number of nitrogens with one attached hydrogen (secondary N) is 1. The van der Waals surface area contributed by atoms with Crippen LogP contribution in [0.15, 0.2) is 47.7 Å². The summed E-state index contributed by atoms with van der Waals surface area (Å²) < 4.78 is 1.72. The van der Waals surface area contributed by atoms with Gasteiger partial charge in [-0.25, -0.2) is 9.97 Å². The highest BCUT2D eigenvalue weighted by Gasteiger charge is 2.26. The van der Waals surface area contributed by atoms with Gasteiger partial charge in [-0.2, -0.15) is 4.98 Å². The number of fused-ring (bicyclic) bond motifs is 1. The molecule has 0 aromatic carbocycles. The molecule has 0 atom stereocenters. The van der Waals surface area contributed by atoms with E-state index in [0.717, 1.165) is 75.2 Å². The summed E-state index contributed by atoms with van der Waals surface area (Å²) in [6.45, 7) is 7.85. The number of anilines is 3. The lowest BCUT2D eigenvalue weighted by molar-refractivity contribution is 0.101. The van der Waals surface area contributed by atoms with Gasteiger partial charge in [0.15, 0.2) is 5.78 Å². The van der Waals surface area contributed by atoms with Crippen LogP contribution in [0.5, 0.6) is 0 Å². The standard InChI is InChI=1S/C31H35ClN8O2/c1-20-26-18-35-31(37-29(26)40(24-5-3-4-6-24)30(42)28(20)21(2)41)36-27-10-9-25(17-34-27)39-13-11-38(12-14-39)19-22-7-8-23(15-32)33-16-22/h7-10,16-18,24H,3-6,11-15,19H2,1-2H3,(H,34,35,36,37). The van der Waals surface area contributed by atoms with Crippen molar-refractivity contribution >= 4 is 45.9 Å². The topological polar surface area (TPSA) is 109 Å². The molecule has 0 bridgehead atoms. The second kappa shape index (κ2) is 12.1. The van der Waals surface area contributed by atoms with Crippen molar-refractivity contribution in [3.8, 4) is 0 Å². The summed E-state index contributed by atoms with van der Waals surface area (Å²) in [6, 6.07) is 8.10. The minimum Gasteiger partial charge on any atom is -0.368 e. The van der Waals surface area contributed by atoms with Crippen molar-refractivity contribution in [2.45, 2.75) is 58.0 Å². The predicted molar refractivity (Wildman–Crippen MR) is 165 cm³/mol. The van der Waals surface area contributed by atoms with Gasteiger partial charge in [-0.1, -0.05) is 18.9 Å². The molecule has 2 aliphatic rings. The van der Waals surface area contributed by atoms with Crippen LogP contribution in [0, 0.1) is 6.92 Å². The number of rotatable bonds is 8. The van der Waals surface area contributed by atoms with E-state index in [1.165, 1.54) is 12.5 Å². The van der Waals surface area contributed by atoms with Crippen LogP contribution < -0.4 is 15.8 Å². The molecule has 2 fully saturated rings. The molecular formula is C31H35ClN8O2. The highest BCUT2D eigenvalue weighted by atomic mass is 35.5. The maximum absolute atomic E-state index is 13.5. The van der Waals surface area contributed by atoms with Crippen LogP contribution in [-0.4, -0.2) is 61.4 Å². The fourth-order valence-electron chi connectivity index (χ4n) is 6.12. The third-order valence-electron chi connectivity index (χ3n) is 8.40. The summed E-state index contributed by atoms with van der Waals surface area (Å²) in [5, 5.41) is 3.93. The molecule has 1 aliphatic carbocycles. The van der Waals surface area contributed by atoms with Crippen molar-refractivity contribution in [3.63, 3.8) is 0 Å². The Bertz CT molecular complexity index is 1640. The number of piperazine rings is 1. The molecule has 218 valence electrons. The number of aromatic nitrogens is 5. The van der Waals surface area contributed by atoms with Gasteiger partial charge in [0.2, 0.25) is 5.95 Å². The number of aryl methyl sites for hydroxylation is 1. The van der Waals surface area contributed by atoms with Gasteiger partial charge in [0.1, 0.15) is 11.5 Å². The van der Waals surface area contributed by atoms with E-state index >= 15 is 0 Å². The molecule has 10 nitrogen and oxygen atoms in total. The van der Waals surface area contributed by atoms with E-state index in [4.69, 9.17) is 16.6 Å². The molecule has 4 aromatic rings. The average Bonchev–Trinajstić information content (AvgIpc) is 3.53. The van der Waals surface area contributed by atoms with Gasteiger partial charge in [0.05, 0.1) is 29.0 Å². The molecule has 1 aliphatic heterocycles. The van der Waals surface area contributed by atoms with Crippen molar-refractivity contribution in [1.29, 1.82) is 0 Å². The van der Waals surface area contributed by atoms with E-state index in [-0.39, 0.29) is 22.9 Å². The number of ketones is 1. The second-order valence-corrected chi connectivity index (χ2v) is 11.4. The van der Waals surface area contributed by atoms with Crippen molar-refractivity contribution in [2.24, 2.45) is 0 Å². The van der Waals surface area contributed by atoms with Gasteiger partial charge in [0.25, 0.3) is 5.56 Å². The average molecular weight is 587 g/mol. The van der Waals surface area contributed by atoms with E-state index < -0.39 is 0 Å². The molecule has 0 radical (unpaired) electrons. The first-order valence-electron chi connectivity index (χ1n) is 14.5. The Labute approximate surface area is 249 Å². The zero-order valence-corrected chi connectivity index (χ0v) is 24.8. The number of alkyl halides is 1. The highest BCUT2D eigenvalue weighted by Crippen LogP contribution is 2.32. The van der Waals surface area contributed by atoms with Crippen LogP contribution in [-0.2, 0) is 12.4 Å². The van der Waals surface area contributed by atoms with Crippen molar-refractivity contribution in [2.75, 3.05) is 36.4 Å². The molecule has 42 heavy (non-hydrogen) atoms. The Morgan fingerprint density at radius 1 is 1.00 bits per heavy atom. The zero-order valence-electron chi connectivity index (χ0n) is 24.0. The van der Waals surface area contributed by atoms with E-state index in [1.54, 1.807) is 17.7 Å². The number of pyridine rings is 3. The van der Waals surface area contributed by atoms with E-state index in [1.807, 2.05) is 24.5 Å². The van der Waals surface area contributed by atoms with Gasteiger partial charge >= 0.3 is 0 Å². The number of hydrogen-bond donors (Lipinski definition) is 1. The summed E-state index contributed by atoms with van der Waals surface area (Å²) in [7, 11) is 0. The second-order valence-electron chi connectivity index (χ2n) is 11.2. The van der Waals surface area contributed by atoms with Crippen LogP contribution in [0.1, 0.15) is 65.8 Å². The first-order chi connectivity index (χ1) is 20.4. The smallest absolute Gasteiger partial charge is 0.263 e. The van der Waals surface area contributed by atoms with Crippen LogP contribution in [0.4, 0.5) is 17.5 Å². The quantitative estimate of drug-likeness (QED) is 0.225. The lowest BCUT2D eigenvalue weighted by Crippen LogP contribution is -2.46. The molecule has 5 heterocycles.